The van der Waals surface area contributed by atoms with Crippen molar-refractivity contribution < 1.29 is 4.74 Å². The van der Waals surface area contributed by atoms with Crippen LogP contribution in [0.3, 0.4) is 0 Å². The maximum Gasteiger partial charge on any atom is 0.214 e. The molecule has 0 unspecified atom stereocenters. The number of rotatable bonds is 3. The summed E-state index contributed by atoms with van der Waals surface area (Å²) < 4.78 is 5.12. The van der Waals surface area contributed by atoms with Gasteiger partial charge in [-0.3, -0.25) is 10.4 Å². The molecule has 0 radical (unpaired) electrons. The highest BCUT2D eigenvalue weighted by Gasteiger charge is 1.99. The minimum absolute atomic E-state index is 0.199. The third-order valence-corrected chi connectivity index (χ3v) is 1.37. The molecular formula is C9H12N2O. The monoisotopic (exact) mass is 164 g/mol. The van der Waals surface area contributed by atoms with Gasteiger partial charge in [-0.2, -0.15) is 0 Å². The van der Waals surface area contributed by atoms with Crippen LogP contribution in [0.15, 0.2) is 24.5 Å². The molecule has 0 fully saturated rings. The molecule has 3 heteroatoms. The molecule has 1 rings (SSSR count). The Morgan fingerprint density at radius 3 is 3.08 bits per heavy atom. The molecular weight excluding hydrogens is 152 g/mol. The summed E-state index contributed by atoms with van der Waals surface area (Å²) in [6, 6.07) is 3.60. The van der Waals surface area contributed by atoms with E-state index in [-0.39, 0.29) is 5.90 Å². The van der Waals surface area contributed by atoms with Crippen LogP contribution in [0.25, 0.3) is 0 Å². The van der Waals surface area contributed by atoms with Crippen molar-refractivity contribution in [1.82, 2.24) is 4.98 Å². The Morgan fingerprint density at radius 2 is 2.50 bits per heavy atom. The molecule has 3 nitrogen and oxygen atoms in total. The van der Waals surface area contributed by atoms with E-state index >= 15 is 0 Å². The van der Waals surface area contributed by atoms with Crippen molar-refractivity contribution >= 4 is 5.90 Å². The molecule has 1 aromatic rings. The number of hydrogen-bond donors (Lipinski definition) is 1. The molecule has 0 bridgehead atoms. The first-order chi connectivity index (χ1) is 5.84. The largest absolute Gasteiger partial charge is 0.478 e. The topological polar surface area (TPSA) is 46.0 Å². The van der Waals surface area contributed by atoms with Gasteiger partial charge >= 0.3 is 0 Å². The third kappa shape index (κ3) is 2.34. The van der Waals surface area contributed by atoms with E-state index in [1.54, 1.807) is 18.5 Å². The highest BCUT2D eigenvalue weighted by molar-refractivity contribution is 5.91. The van der Waals surface area contributed by atoms with Gasteiger partial charge in [0.15, 0.2) is 0 Å². The minimum Gasteiger partial charge on any atom is -0.478 e. The van der Waals surface area contributed by atoms with Gasteiger partial charge in [0.2, 0.25) is 5.90 Å². The molecule has 12 heavy (non-hydrogen) atoms. The van der Waals surface area contributed by atoms with Gasteiger partial charge in [0.05, 0.1) is 12.2 Å². The lowest BCUT2D eigenvalue weighted by molar-refractivity contribution is 0.303. The van der Waals surface area contributed by atoms with Gasteiger partial charge in [-0.15, -0.1) is 0 Å². The summed E-state index contributed by atoms with van der Waals surface area (Å²) in [5, 5.41) is 7.47. The fourth-order valence-electron chi connectivity index (χ4n) is 0.785. The Balaban J connectivity index is 2.54. The molecule has 0 saturated carbocycles. The zero-order chi connectivity index (χ0) is 8.81. The van der Waals surface area contributed by atoms with E-state index in [1.807, 2.05) is 13.0 Å². The lowest BCUT2D eigenvalue weighted by atomic mass is 10.3. The number of aromatic nitrogens is 1. The molecule has 0 atom stereocenters. The van der Waals surface area contributed by atoms with E-state index in [2.05, 4.69) is 4.98 Å². The lowest BCUT2D eigenvalue weighted by Gasteiger charge is -2.04. The summed E-state index contributed by atoms with van der Waals surface area (Å²) >= 11 is 0. The number of ether oxygens (including phenoxy) is 1. The van der Waals surface area contributed by atoms with Crippen molar-refractivity contribution in [2.75, 3.05) is 6.61 Å². The molecule has 0 aliphatic rings. The number of nitrogens with one attached hydrogen (secondary N) is 1. The fourth-order valence-corrected chi connectivity index (χ4v) is 0.785. The van der Waals surface area contributed by atoms with Crippen LogP contribution in [0.1, 0.15) is 18.9 Å². The SMILES string of the molecule is CCCOC(=N)c1cccnc1. The zero-order valence-corrected chi connectivity index (χ0v) is 7.08. The predicted octanol–water partition coefficient (Wildman–Crippen LogP) is 1.83. The van der Waals surface area contributed by atoms with E-state index < -0.39 is 0 Å². The first-order valence-corrected chi connectivity index (χ1v) is 3.96. The second-order valence-electron chi connectivity index (χ2n) is 2.42. The van der Waals surface area contributed by atoms with Crippen LogP contribution in [0.5, 0.6) is 0 Å². The number of nitrogens with zero attached hydrogens (tertiary/aromatic N) is 1. The van der Waals surface area contributed by atoms with Crippen molar-refractivity contribution in [3.8, 4) is 0 Å². The summed E-state index contributed by atoms with van der Waals surface area (Å²) in [4.78, 5) is 3.89. The molecule has 1 heterocycles. The summed E-state index contributed by atoms with van der Waals surface area (Å²) in [6.45, 7) is 2.60. The van der Waals surface area contributed by atoms with Crippen LogP contribution in [0, 0.1) is 5.41 Å². The zero-order valence-electron chi connectivity index (χ0n) is 7.08. The summed E-state index contributed by atoms with van der Waals surface area (Å²) in [6.07, 6.45) is 4.22. The van der Waals surface area contributed by atoms with Crippen LogP contribution in [0.2, 0.25) is 0 Å². The average Bonchev–Trinajstić information content (AvgIpc) is 2.15. The van der Waals surface area contributed by atoms with Crippen molar-refractivity contribution in [2.24, 2.45) is 0 Å². The molecule has 0 aliphatic heterocycles. The highest BCUT2D eigenvalue weighted by atomic mass is 16.5. The summed E-state index contributed by atoms with van der Waals surface area (Å²) in [7, 11) is 0. The van der Waals surface area contributed by atoms with Crippen LogP contribution < -0.4 is 0 Å². The molecule has 0 aromatic carbocycles. The molecule has 0 amide bonds. The van der Waals surface area contributed by atoms with Crippen molar-refractivity contribution in [2.45, 2.75) is 13.3 Å². The minimum atomic E-state index is 0.199. The molecule has 0 saturated heterocycles. The van der Waals surface area contributed by atoms with Crippen LogP contribution in [-0.2, 0) is 4.74 Å². The quantitative estimate of drug-likeness (QED) is 0.547. The van der Waals surface area contributed by atoms with E-state index in [0.717, 1.165) is 12.0 Å². The summed E-state index contributed by atoms with van der Waals surface area (Å²) in [5.74, 6) is 0.199. The molecule has 64 valence electrons. The van der Waals surface area contributed by atoms with Gasteiger partial charge in [0.1, 0.15) is 0 Å². The van der Waals surface area contributed by atoms with Crippen LogP contribution in [0.4, 0.5) is 0 Å². The van der Waals surface area contributed by atoms with E-state index in [1.165, 1.54) is 0 Å². The Bertz CT molecular complexity index is 246. The van der Waals surface area contributed by atoms with E-state index in [4.69, 9.17) is 10.1 Å². The van der Waals surface area contributed by atoms with Gasteiger partial charge in [-0.05, 0) is 18.6 Å². The van der Waals surface area contributed by atoms with Gasteiger partial charge in [0, 0.05) is 12.4 Å². The van der Waals surface area contributed by atoms with Gasteiger partial charge < -0.3 is 4.74 Å². The standard InChI is InChI=1S/C9H12N2O/c1-2-6-12-9(10)8-4-3-5-11-7-8/h3-5,7,10H,2,6H2,1H3. The van der Waals surface area contributed by atoms with Crippen molar-refractivity contribution in [3.05, 3.63) is 30.1 Å². The van der Waals surface area contributed by atoms with Crippen molar-refractivity contribution in [1.29, 1.82) is 5.41 Å². The van der Waals surface area contributed by atoms with Crippen LogP contribution >= 0.6 is 0 Å². The predicted molar refractivity (Wildman–Crippen MR) is 47.3 cm³/mol. The first-order valence-electron chi connectivity index (χ1n) is 3.96. The molecule has 0 spiro atoms. The Labute approximate surface area is 71.9 Å². The van der Waals surface area contributed by atoms with Gasteiger partial charge in [-0.25, -0.2) is 0 Å². The van der Waals surface area contributed by atoms with Crippen molar-refractivity contribution in [3.63, 3.8) is 0 Å². The Kier molecular flexibility index (Phi) is 3.26. The second kappa shape index (κ2) is 4.49. The maximum absolute atomic E-state index is 7.47. The second-order valence-corrected chi connectivity index (χ2v) is 2.42. The molecule has 0 aliphatic carbocycles. The molecule has 1 N–H and O–H groups in total. The smallest absolute Gasteiger partial charge is 0.214 e. The van der Waals surface area contributed by atoms with Crippen LogP contribution in [-0.4, -0.2) is 17.5 Å². The Hall–Kier alpha value is -1.38. The normalized spacial score (nSPS) is 9.42. The van der Waals surface area contributed by atoms with Gasteiger partial charge in [-0.1, -0.05) is 6.92 Å². The highest BCUT2D eigenvalue weighted by Crippen LogP contribution is 1.98. The van der Waals surface area contributed by atoms with E-state index in [0.29, 0.717) is 6.61 Å². The number of hydrogen-bond acceptors (Lipinski definition) is 3. The lowest BCUT2D eigenvalue weighted by Crippen LogP contribution is -2.05. The first kappa shape index (κ1) is 8.71. The maximum atomic E-state index is 7.47. The van der Waals surface area contributed by atoms with E-state index in [9.17, 15) is 0 Å². The Morgan fingerprint density at radius 1 is 1.67 bits per heavy atom. The van der Waals surface area contributed by atoms with Gasteiger partial charge in [0.25, 0.3) is 0 Å². The molecule has 1 aromatic heterocycles. The number of pyridine rings is 1. The summed E-state index contributed by atoms with van der Waals surface area (Å²) in [5.41, 5.74) is 0.728. The third-order valence-electron chi connectivity index (χ3n) is 1.37. The average molecular weight is 164 g/mol. The fraction of sp³-hybridized carbons (Fsp3) is 0.333.